The largest absolute Gasteiger partial charge is 0.494 e. The summed E-state index contributed by atoms with van der Waals surface area (Å²) >= 11 is 0. The molecule has 1 unspecified atom stereocenters. The summed E-state index contributed by atoms with van der Waals surface area (Å²) < 4.78 is 23.9. The van der Waals surface area contributed by atoms with Crippen LogP contribution in [0.5, 0.6) is 11.5 Å². The summed E-state index contributed by atoms with van der Waals surface area (Å²) in [6.45, 7) is 1.53. The average molecular weight is 270 g/mol. The van der Waals surface area contributed by atoms with Crippen LogP contribution in [0.1, 0.15) is 12.8 Å². The van der Waals surface area contributed by atoms with Crippen LogP contribution in [0.25, 0.3) is 0 Å². The Labute approximate surface area is 109 Å². The molecule has 0 aliphatic carbocycles. The molecule has 1 atom stereocenters. The summed E-state index contributed by atoms with van der Waals surface area (Å²) in [6, 6.07) is 2.05. The van der Waals surface area contributed by atoms with Gasteiger partial charge in [0.1, 0.15) is 6.10 Å². The fourth-order valence-electron chi connectivity index (χ4n) is 2.02. The number of nitrogens with one attached hydrogen (secondary N) is 1. The lowest BCUT2D eigenvalue weighted by atomic mass is 10.1. The number of ether oxygens (including phenoxy) is 2. The predicted molar refractivity (Wildman–Crippen MR) is 66.1 cm³/mol. The van der Waals surface area contributed by atoms with Crippen molar-refractivity contribution in [1.29, 1.82) is 0 Å². The van der Waals surface area contributed by atoms with Gasteiger partial charge in [0.25, 0.3) is 0 Å². The molecule has 2 rings (SSSR count). The Bertz CT molecular complexity index is 475. The Balaban J connectivity index is 2.27. The lowest BCUT2D eigenvalue weighted by Gasteiger charge is -2.23. The molecule has 1 saturated heterocycles. The molecule has 104 valence electrons. The van der Waals surface area contributed by atoms with Crippen LogP contribution < -0.4 is 14.8 Å². The summed E-state index contributed by atoms with van der Waals surface area (Å²) in [5.41, 5.74) is -0.385. The van der Waals surface area contributed by atoms with Crippen LogP contribution >= 0.6 is 0 Å². The highest BCUT2D eigenvalue weighted by atomic mass is 19.1. The van der Waals surface area contributed by atoms with Crippen LogP contribution in [-0.2, 0) is 0 Å². The quantitative estimate of drug-likeness (QED) is 0.668. The van der Waals surface area contributed by atoms with E-state index in [1.54, 1.807) is 0 Å². The highest BCUT2D eigenvalue weighted by molar-refractivity contribution is 5.51. The highest BCUT2D eigenvalue weighted by Gasteiger charge is 2.24. The molecule has 6 nitrogen and oxygen atoms in total. The second-order valence-corrected chi connectivity index (χ2v) is 4.30. The number of nitrogens with zero attached hydrogens (tertiary/aromatic N) is 1. The molecule has 0 saturated carbocycles. The third-order valence-electron chi connectivity index (χ3n) is 2.98. The zero-order valence-corrected chi connectivity index (χ0v) is 10.5. The Morgan fingerprint density at radius 3 is 2.84 bits per heavy atom. The predicted octanol–water partition coefficient (Wildman–Crippen LogP) is 1.87. The van der Waals surface area contributed by atoms with Gasteiger partial charge >= 0.3 is 5.69 Å². The minimum absolute atomic E-state index is 0.0388. The third-order valence-corrected chi connectivity index (χ3v) is 2.98. The van der Waals surface area contributed by atoms with E-state index in [2.05, 4.69) is 5.32 Å². The van der Waals surface area contributed by atoms with E-state index in [0.717, 1.165) is 25.5 Å². The molecule has 0 amide bonds. The third kappa shape index (κ3) is 3.11. The molecule has 7 heteroatoms. The Hall–Kier alpha value is -1.89. The van der Waals surface area contributed by atoms with Crippen molar-refractivity contribution < 1.29 is 18.8 Å². The normalized spacial score (nSPS) is 18.9. The Morgan fingerprint density at radius 1 is 1.47 bits per heavy atom. The summed E-state index contributed by atoms with van der Waals surface area (Å²) in [5.74, 6) is -0.801. The van der Waals surface area contributed by atoms with Gasteiger partial charge in [-0.25, -0.2) is 4.39 Å². The molecule has 1 aromatic carbocycles. The van der Waals surface area contributed by atoms with Crippen LogP contribution in [0.15, 0.2) is 12.1 Å². The minimum Gasteiger partial charge on any atom is -0.494 e. The summed E-state index contributed by atoms with van der Waals surface area (Å²) in [4.78, 5) is 10.3. The van der Waals surface area contributed by atoms with Gasteiger partial charge in [-0.3, -0.25) is 10.1 Å². The monoisotopic (exact) mass is 270 g/mol. The fraction of sp³-hybridized carbons (Fsp3) is 0.500. The maximum Gasteiger partial charge on any atom is 0.314 e. The maximum absolute atomic E-state index is 13.5. The van der Waals surface area contributed by atoms with Gasteiger partial charge in [-0.2, -0.15) is 0 Å². The molecule has 1 aliphatic heterocycles. The van der Waals surface area contributed by atoms with E-state index in [4.69, 9.17) is 9.47 Å². The first-order valence-electron chi connectivity index (χ1n) is 6.01. The standard InChI is InChI=1S/C12H15FN2O4/c1-18-11-6-12(10(15(16)17)5-9(11)13)19-8-3-2-4-14-7-8/h5-6,8,14H,2-4,7H2,1H3. The minimum atomic E-state index is -0.775. The fourth-order valence-corrected chi connectivity index (χ4v) is 2.02. The molecule has 0 spiro atoms. The van der Waals surface area contributed by atoms with E-state index < -0.39 is 10.7 Å². The van der Waals surface area contributed by atoms with Gasteiger partial charge in [0.05, 0.1) is 18.1 Å². The van der Waals surface area contributed by atoms with Crippen molar-refractivity contribution in [3.63, 3.8) is 0 Å². The summed E-state index contributed by atoms with van der Waals surface area (Å²) in [6.07, 6.45) is 1.60. The molecule has 1 aliphatic rings. The molecular formula is C12H15FN2O4. The molecule has 19 heavy (non-hydrogen) atoms. The zero-order valence-electron chi connectivity index (χ0n) is 10.5. The van der Waals surface area contributed by atoms with E-state index in [1.807, 2.05) is 0 Å². The van der Waals surface area contributed by atoms with Crippen molar-refractivity contribution >= 4 is 5.69 Å². The van der Waals surface area contributed by atoms with Crippen LogP contribution in [0, 0.1) is 15.9 Å². The first-order chi connectivity index (χ1) is 9.11. The van der Waals surface area contributed by atoms with E-state index in [0.29, 0.717) is 6.54 Å². The molecule has 0 aromatic heterocycles. The topological polar surface area (TPSA) is 73.6 Å². The first-order valence-corrected chi connectivity index (χ1v) is 6.01. The zero-order chi connectivity index (χ0) is 13.8. The Kier molecular flexibility index (Phi) is 4.16. The van der Waals surface area contributed by atoms with Crippen LogP contribution in [-0.4, -0.2) is 31.2 Å². The number of piperidine rings is 1. The molecule has 1 aromatic rings. The number of methoxy groups -OCH3 is 1. The van der Waals surface area contributed by atoms with Gasteiger partial charge < -0.3 is 14.8 Å². The van der Waals surface area contributed by atoms with Crippen molar-refractivity contribution in [1.82, 2.24) is 5.32 Å². The van der Waals surface area contributed by atoms with E-state index in [9.17, 15) is 14.5 Å². The van der Waals surface area contributed by atoms with E-state index >= 15 is 0 Å². The molecule has 1 heterocycles. The smallest absolute Gasteiger partial charge is 0.314 e. The number of hydrogen-bond donors (Lipinski definition) is 1. The van der Waals surface area contributed by atoms with Crippen molar-refractivity contribution in [2.75, 3.05) is 20.2 Å². The van der Waals surface area contributed by atoms with Gasteiger partial charge in [-0.1, -0.05) is 0 Å². The lowest BCUT2D eigenvalue weighted by Crippen LogP contribution is -2.37. The van der Waals surface area contributed by atoms with E-state index in [1.165, 1.54) is 13.2 Å². The van der Waals surface area contributed by atoms with Gasteiger partial charge in [0.2, 0.25) is 5.75 Å². The number of nitro groups is 1. The highest BCUT2D eigenvalue weighted by Crippen LogP contribution is 2.34. The maximum atomic E-state index is 13.5. The number of rotatable bonds is 4. The molecule has 0 radical (unpaired) electrons. The van der Waals surface area contributed by atoms with Crippen molar-refractivity contribution in [3.8, 4) is 11.5 Å². The molecule has 1 fully saturated rings. The van der Waals surface area contributed by atoms with Crippen molar-refractivity contribution in [3.05, 3.63) is 28.1 Å². The second-order valence-electron chi connectivity index (χ2n) is 4.30. The molecular weight excluding hydrogens is 255 g/mol. The molecule has 0 bridgehead atoms. The number of hydrogen-bond acceptors (Lipinski definition) is 5. The Morgan fingerprint density at radius 2 is 2.26 bits per heavy atom. The van der Waals surface area contributed by atoms with Gasteiger partial charge in [-0.05, 0) is 19.4 Å². The summed E-state index contributed by atoms with van der Waals surface area (Å²) in [5, 5.41) is 14.1. The SMILES string of the molecule is COc1cc(OC2CCCNC2)c([N+](=O)[O-])cc1F. The van der Waals surface area contributed by atoms with Gasteiger partial charge in [0.15, 0.2) is 11.6 Å². The molecule has 1 N–H and O–H groups in total. The summed E-state index contributed by atoms with van der Waals surface area (Å²) in [7, 11) is 1.30. The van der Waals surface area contributed by atoms with Crippen LogP contribution in [0.4, 0.5) is 10.1 Å². The van der Waals surface area contributed by atoms with Crippen molar-refractivity contribution in [2.45, 2.75) is 18.9 Å². The number of nitro benzene ring substituents is 1. The van der Waals surface area contributed by atoms with Gasteiger partial charge in [0, 0.05) is 12.6 Å². The number of halogens is 1. The van der Waals surface area contributed by atoms with Crippen molar-refractivity contribution in [2.24, 2.45) is 0 Å². The van der Waals surface area contributed by atoms with E-state index in [-0.39, 0.29) is 23.3 Å². The first kappa shape index (κ1) is 13.5. The van der Waals surface area contributed by atoms with Crippen LogP contribution in [0.2, 0.25) is 0 Å². The van der Waals surface area contributed by atoms with Crippen LogP contribution in [0.3, 0.4) is 0 Å². The second kappa shape index (κ2) is 5.83. The lowest BCUT2D eigenvalue weighted by molar-refractivity contribution is -0.386. The van der Waals surface area contributed by atoms with Gasteiger partial charge in [-0.15, -0.1) is 0 Å². The average Bonchev–Trinajstić information content (AvgIpc) is 2.41. The number of benzene rings is 1.